The first-order valence-corrected chi connectivity index (χ1v) is 5.22. The minimum absolute atomic E-state index is 0.125. The topological polar surface area (TPSA) is 43.4 Å². The number of carbonyl (C=O) groups excluding carboxylic acids is 2. The number of Topliss-reactive ketones (excluding diaryl/α,β-unsaturated/α-hetero) is 1. The van der Waals surface area contributed by atoms with E-state index in [4.69, 9.17) is 0 Å². The van der Waals surface area contributed by atoms with E-state index >= 15 is 0 Å². The summed E-state index contributed by atoms with van der Waals surface area (Å²) in [7, 11) is 1.27. The van der Waals surface area contributed by atoms with Gasteiger partial charge in [0.05, 0.1) is 12.7 Å². The van der Waals surface area contributed by atoms with Gasteiger partial charge in [-0.05, 0) is 12.5 Å². The third kappa shape index (κ3) is 4.26. The first-order valence-electron chi connectivity index (χ1n) is 5.22. The van der Waals surface area contributed by atoms with Crippen LogP contribution in [0.4, 0.5) is 0 Å². The second-order valence-corrected chi connectivity index (χ2v) is 3.31. The molecule has 16 heavy (non-hydrogen) atoms. The van der Waals surface area contributed by atoms with Gasteiger partial charge in [0.2, 0.25) is 0 Å². The van der Waals surface area contributed by atoms with Crippen molar-refractivity contribution >= 4 is 11.8 Å². The highest BCUT2D eigenvalue weighted by atomic mass is 16.5. The first-order chi connectivity index (χ1) is 7.58. The van der Waals surface area contributed by atoms with Crippen molar-refractivity contribution in [2.45, 2.75) is 26.2 Å². The zero-order valence-electron chi connectivity index (χ0n) is 9.91. The third-order valence-corrected chi connectivity index (χ3v) is 2.11. The molecule has 88 valence electrons. The highest BCUT2D eigenvalue weighted by molar-refractivity contribution is 6.09. The zero-order valence-corrected chi connectivity index (χ0v) is 9.91. The van der Waals surface area contributed by atoms with Crippen LogP contribution in [0.3, 0.4) is 0 Å². The Balaban J connectivity index is 4.76. The van der Waals surface area contributed by atoms with Crippen LogP contribution < -0.4 is 0 Å². The van der Waals surface area contributed by atoms with Gasteiger partial charge in [-0.15, -0.1) is 0 Å². The van der Waals surface area contributed by atoms with Gasteiger partial charge in [-0.1, -0.05) is 32.6 Å². The predicted octanol–water partition coefficient (Wildman–Crippen LogP) is 2.59. The van der Waals surface area contributed by atoms with E-state index in [1.165, 1.54) is 19.3 Å². The molecule has 0 N–H and O–H groups in total. The van der Waals surface area contributed by atoms with Crippen LogP contribution in [0.5, 0.6) is 0 Å². The average molecular weight is 222 g/mol. The molecule has 0 amide bonds. The van der Waals surface area contributed by atoms with Crippen molar-refractivity contribution in [3.63, 3.8) is 0 Å². The van der Waals surface area contributed by atoms with Crippen molar-refractivity contribution < 1.29 is 14.3 Å². The molecule has 0 saturated carbocycles. The minimum atomic E-state index is -0.560. The molecule has 0 spiro atoms. The molecule has 0 aromatic carbocycles. The highest BCUT2D eigenvalue weighted by Crippen LogP contribution is 2.14. The zero-order chi connectivity index (χ0) is 12.6. The van der Waals surface area contributed by atoms with E-state index in [0.29, 0.717) is 6.42 Å². The summed E-state index contributed by atoms with van der Waals surface area (Å²) in [5.74, 6) is -0.685. The van der Waals surface area contributed by atoms with Gasteiger partial charge >= 0.3 is 5.97 Å². The van der Waals surface area contributed by atoms with Crippen molar-refractivity contribution in [2.24, 2.45) is 0 Å². The van der Waals surface area contributed by atoms with Crippen LogP contribution in [0.25, 0.3) is 0 Å². The highest BCUT2D eigenvalue weighted by Gasteiger charge is 2.18. The van der Waals surface area contributed by atoms with Crippen LogP contribution in [0, 0.1) is 0 Å². The van der Waals surface area contributed by atoms with Gasteiger partial charge in [0.1, 0.15) is 0 Å². The van der Waals surface area contributed by atoms with Gasteiger partial charge in [-0.25, -0.2) is 4.79 Å². The number of esters is 1. The Morgan fingerprint density at radius 3 is 2.44 bits per heavy atom. The number of carbonyl (C=O) groups is 2. The number of ketones is 1. The number of methoxy groups -OCH3 is 1. The minimum Gasteiger partial charge on any atom is -0.465 e. The second kappa shape index (κ2) is 7.63. The molecule has 3 heteroatoms. The summed E-state index contributed by atoms with van der Waals surface area (Å²) in [6, 6.07) is 0. The standard InChI is InChI=1S/C13H18O3/c1-5-7-9-12(14)10(3)11(8-6-2)13(15)16-4/h6,8H,2-3,5,7,9H2,1,4H3/b11-8+. The van der Waals surface area contributed by atoms with Crippen LogP contribution >= 0.6 is 0 Å². The summed E-state index contributed by atoms with van der Waals surface area (Å²) in [6.07, 6.45) is 5.00. The van der Waals surface area contributed by atoms with Crippen LogP contribution in [0.1, 0.15) is 26.2 Å². The maximum atomic E-state index is 11.7. The maximum Gasteiger partial charge on any atom is 0.338 e. The van der Waals surface area contributed by atoms with E-state index in [1.54, 1.807) is 0 Å². The Morgan fingerprint density at radius 1 is 1.38 bits per heavy atom. The molecular formula is C13H18O3. The molecule has 3 nitrogen and oxygen atoms in total. The first kappa shape index (κ1) is 14.4. The number of hydrogen-bond donors (Lipinski definition) is 0. The van der Waals surface area contributed by atoms with Crippen molar-refractivity contribution in [3.05, 3.63) is 36.5 Å². The third-order valence-electron chi connectivity index (χ3n) is 2.11. The van der Waals surface area contributed by atoms with Gasteiger partial charge in [0.15, 0.2) is 5.78 Å². The molecule has 0 saturated heterocycles. The number of unbranched alkanes of at least 4 members (excludes halogenated alkanes) is 1. The number of ether oxygens (including phenoxy) is 1. The van der Waals surface area contributed by atoms with Crippen molar-refractivity contribution in [3.8, 4) is 0 Å². The van der Waals surface area contributed by atoms with Gasteiger partial charge in [-0.2, -0.15) is 0 Å². The Hall–Kier alpha value is -1.64. The average Bonchev–Trinajstić information content (AvgIpc) is 2.31. The van der Waals surface area contributed by atoms with Crippen molar-refractivity contribution in [2.75, 3.05) is 7.11 Å². The van der Waals surface area contributed by atoms with Gasteiger partial charge in [0.25, 0.3) is 0 Å². The summed E-state index contributed by atoms with van der Waals surface area (Å²) in [5, 5.41) is 0. The lowest BCUT2D eigenvalue weighted by molar-refractivity contribution is -0.136. The molecule has 0 aliphatic carbocycles. The monoisotopic (exact) mass is 222 g/mol. The Labute approximate surface area is 96.5 Å². The molecule has 0 bridgehead atoms. The molecular weight excluding hydrogens is 204 g/mol. The van der Waals surface area contributed by atoms with Crippen LogP contribution in [-0.2, 0) is 14.3 Å². The van der Waals surface area contributed by atoms with Gasteiger partial charge in [0, 0.05) is 12.0 Å². The SMILES string of the molecule is C=C/C=C(\C(=C)C(=O)CCCC)C(=O)OC. The quantitative estimate of drug-likeness (QED) is 0.378. The largest absolute Gasteiger partial charge is 0.465 e. The Morgan fingerprint density at radius 2 is 2.00 bits per heavy atom. The van der Waals surface area contributed by atoms with Crippen molar-refractivity contribution in [1.29, 1.82) is 0 Å². The smallest absolute Gasteiger partial charge is 0.338 e. The van der Waals surface area contributed by atoms with Gasteiger partial charge in [-0.3, -0.25) is 4.79 Å². The second-order valence-electron chi connectivity index (χ2n) is 3.31. The molecule has 0 aromatic heterocycles. The van der Waals surface area contributed by atoms with Crippen LogP contribution in [0.2, 0.25) is 0 Å². The lowest BCUT2D eigenvalue weighted by Crippen LogP contribution is -2.12. The lowest BCUT2D eigenvalue weighted by atomic mass is 9.99. The molecule has 0 aromatic rings. The van der Waals surface area contributed by atoms with Gasteiger partial charge < -0.3 is 4.74 Å². The molecule has 0 radical (unpaired) electrons. The molecule has 0 heterocycles. The molecule has 0 rings (SSSR count). The summed E-state index contributed by atoms with van der Waals surface area (Å²) in [5.41, 5.74) is 0.374. The predicted molar refractivity (Wildman–Crippen MR) is 64.0 cm³/mol. The van der Waals surface area contributed by atoms with E-state index in [0.717, 1.165) is 12.8 Å². The summed E-state index contributed by atoms with van der Waals surface area (Å²) in [4.78, 5) is 23.0. The summed E-state index contributed by atoms with van der Waals surface area (Å²) in [6.45, 7) is 9.11. The normalized spacial score (nSPS) is 10.8. The number of allylic oxidation sites excluding steroid dienone is 2. The van der Waals surface area contributed by atoms with E-state index in [9.17, 15) is 9.59 Å². The molecule has 0 aliphatic heterocycles. The Kier molecular flexibility index (Phi) is 6.84. The molecule has 0 unspecified atom stereocenters. The van der Waals surface area contributed by atoms with Crippen LogP contribution in [0.15, 0.2) is 36.5 Å². The van der Waals surface area contributed by atoms with Crippen molar-refractivity contribution in [1.82, 2.24) is 0 Å². The molecule has 0 fully saturated rings. The molecule has 0 atom stereocenters. The summed E-state index contributed by atoms with van der Waals surface area (Å²) < 4.78 is 4.57. The number of rotatable bonds is 7. The molecule has 0 aliphatic rings. The van der Waals surface area contributed by atoms with E-state index in [-0.39, 0.29) is 16.9 Å². The maximum absolute atomic E-state index is 11.7. The Bertz CT molecular complexity index is 324. The fourth-order valence-electron chi connectivity index (χ4n) is 1.16. The summed E-state index contributed by atoms with van der Waals surface area (Å²) >= 11 is 0. The van der Waals surface area contributed by atoms with E-state index in [1.807, 2.05) is 6.92 Å². The van der Waals surface area contributed by atoms with Crippen LogP contribution in [-0.4, -0.2) is 18.9 Å². The fraction of sp³-hybridized carbons (Fsp3) is 0.385. The van der Waals surface area contributed by atoms with E-state index in [2.05, 4.69) is 17.9 Å². The van der Waals surface area contributed by atoms with E-state index < -0.39 is 5.97 Å². The fourth-order valence-corrected chi connectivity index (χ4v) is 1.16. The number of hydrogen-bond acceptors (Lipinski definition) is 3. The lowest BCUT2D eigenvalue weighted by Gasteiger charge is -2.07.